The van der Waals surface area contributed by atoms with E-state index in [-0.39, 0.29) is 33.9 Å². The number of amides is 1. The number of nitrogens with two attached hydrogens (primary N) is 1. The third-order valence-electron chi connectivity index (χ3n) is 3.61. The Morgan fingerprint density at radius 3 is 2.50 bits per heavy atom. The van der Waals surface area contributed by atoms with E-state index in [1.54, 1.807) is 18.3 Å². The Hall–Kier alpha value is -2.57. The van der Waals surface area contributed by atoms with Crippen LogP contribution in [0.25, 0.3) is 11.3 Å². The second-order valence-corrected chi connectivity index (χ2v) is 6.34. The van der Waals surface area contributed by atoms with Crippen LogP contribution in [0.2, 0.25) is 10.0 Å². The Bertz CT molecular complexity index is 919. The van der Waals surface area contributed by atoms with Crippen LogP contribution in [-0.4, -0.2) is 10.9 Å². The number of carbonyl (C=O) groups is 1. The molecule has 1 amide bonds. The molecular weight excluding hydrogens is 380 g/mol. The number of hydrogen-bond donors (Lipinski definition) is 2. The van der Waals surface area contributed by atoms with Gasteiger partial charge in [0.2, 0.25) is 5.91 Å². The fraction of sp³-hybridized carbons (Fsp3) is 0.111. The quantitative estimate of drug-likeness (QED) is 0.601. The van der Waals surface area contributed by atoms with Gasteiger partial charge in [0.1, 0.15) is 5.82 Å². The Morgan fingerprint density at radius 2 is 1.85 bits per heavy atom. The van der Waals surface area contributed by atoms with Crippen molar-refractivity contribution in [2.75, 3.05) is 11.1 Å². The van der Waals surface area contributed by atoms with E-state index in [4.69, 9.17) is 33.4 Å². The maximum Gasteiger partial charge on any atom is 0.224 e. The van der Waals surface area contributed by atoms with E-state index in [1.165, 1.54) is 24.3 Å². The summed E-state index contributed by atoms with van der Waals surface area (Å²) in [5, 5.41) is 3.23. The summed E-state index contributed by atoms with van der Waals surface area (Å²) >= 11 is 11.9. The van der Waals surface area contributed by atoms with Crippen LogP contribution in [0.3, 0.4) is 0 Å². The summed E-state index contributed by atoms with van der Waals surface area (Å²) in [5.74, 6) is 0.349. The highest BCUT2D eigenvalue weighted by molar-refractivity contribution is 6.39. The van der Waals surface area contributed by atoms with Gasteiger partial charge >= 0.3 is 0 Å². The van der Waals surface area contributed by atoms with Crippen molar-refractivity contribution in [3.63, 3.8) is 0 Å². The molecule has 0 aliphatic heterocycles. The molecule has 0 saturated carbocycles. The number of anilines is 2. The molecule has 1 aromatic heterocycles. The number of oxazole rings is 1. The summed E-state index contributed by atoms with van der Waals surface area (Å²) < 4.78 is 18.5. The van der Waals surface area contributed by atoms with Crippen molar-refractivity contribution in [2.45, 2.75) is 12.8 Å². The molecule has 8 heteroatoms. The first-order chi connectivity index (χ1) is 12.4. The van der Waals surface area contributed by atoms with Gasteiger partial charge in [-0.15, -0.1) is 0 Å². The predicted octanol–water partition coefficient (Wildman–Crippen LogP) is 4.94. The number of halogens is 3. The van der Waals surface area contributed by atoms with Gasteiger partial charge in [0, 0.05) is 24.1 Å². The van der Waals surface area contributed by atoms with Gasteiger partial charge < -0.3 is 15.5 Å². The first-order valence-corrected chi connectivity index (χ1v) is 8.43. The lowest BCUT2D eigenvalue weighted by Crippen LogP contribution is -2.12. The van der Waals surface area contributed by atoms with E-state index < -0.39 is 0 Å². The van der Waals surface area contributed by atoms with Crippen molar-refractivity contribution < 1.29 is 13.6 Å². The molecule has 5 nitrogen and oxygen atoms in total. The van der Waals surface area contributed by atoms with E-state index in [9.17, 15) is 9.18 Å². The molecule has 0 unspecified atom stereocenters. The van der Waals surface area contributed by atoms with E-state index in [0.717, 1.165) is 0 Å². The molecule has 2 aromatic carbocycles. The van der Waals surface area contributed by atoms with Gasteiger partial charge in [-0.05, 0) is 36.4 Å². The summed E-state index contributed by atoms with van der Waals surface area (Å²) in [4.78, 5) is 16.2. The van der Waals surface area contributed by atoms with Crippen LogP contribution in [0.5, 0.6) is 0 Å². The van der Waals surface area contributed by atoms with Gasteiger partial charge in [-0.3, -0.25) is 4.79 Å². The number of nitrogens with zero attached hydrogens (tertiary/aromatic N) is 1. The lowest BCUT2D eigenvalue weighted by atomic mass is 10.2. The normalized spacial score (nSPS) is 10.7. The van der Waals surface area contributed by atoms with Crippen molar-refractivity contribution in [1.82, 2.24) is 4.98 Å². The van der Waals surface area contributed by atoms with Gasteiger partial charge in [0.15, 0.2) is 11.7 Å². The Kier molecular flexibility index (Phi) is 5.44. The molecular formula is C18H14Cl2FN3O2. The number of hydrogen-bond acceptors (Lipinski definition) is 4. The smallest absolute Gasteiger partial charge is 0.224 e. The standard InChI is InChI=1S/C18H14Cl2FN3O2/c19-13-7-12(8-14(20)18(13)22)24-16(25)5-6-17-23-9-15(26-17)10-1-3-11(21)4-2-10/h1-4,7-9H,5-6,22H2,(H,24,25). The molecule has 134 valence electrons. The Balaban J connectivity index is 1.59. The molecule has 0 bridgehead atoms. The van der Waals surface area contributed by atoms with Gasteiger partial charge in [0.25, 0.3) is 0 Å². The minimum atomic E-state index is -0.326. The molecule has 3 aromatic rings. The highest BCUT2D eigenvalue weighted by atomic mass is 35.5. The average Bonchev–Trinajstić information content (AvgIpc) is 3.07. The summed E-state index contributed by atoms with van der Waals surface area (Å²) in [7, 11) is 0. The third-order valence-corrected chi connectivity index (χ3v) is 4.24. The second kappa shape index (κ2) is 7.76. The van der Waals surface area contributed by atoms with Gasteiger partial charge in [0.05, 0.1) is 21.9 Å². The topological polar surface area (TPSA) is 81.1 Å². The van der Waals surface area contributed by atoms with Crippen LogP contribution in [-0.2, 0) is 11.2 Å². The zero-order valence-corrected chi connectivity index (χ0v) is 14.9. The number of nitrogens with one attached hydrogen (secondary N) is 1. The van der Waals surface area contributed by atoms with Crippen LogP contribution in [0.4, 0.5) is 15.8 Å². The predicted molar refractivity (Wildman–Crippen MR) is 99.7 cm³/mol. The second-order valence-electron chi connectivity index (χ2n) is 5.53. The zero-order chi connectivity index (χ0) is 18.7. The van der Waals surface area contributed by atoms with E-state index in [0.29, 0.717) is 29.3 Å². The van der Waals surface area contributed by atoms with Crippen molar-refractivity contribution in [3.8, 4) is 11.3 Å². The highest BCUT2D eigenvalue weighted by Crippen LogP contribution is 2.31. The van der Waals surface area contributed by atoms with Gasteiger partial charge in [-0.1, -0.05) is 23.2 Å². The number of carbonyl (C=O) groups excluding carboxylic acids is 1. The SMILES string of the molecule is Nc1c(Cl)cc(NC(=O)CCc2ncc(-c3ccc(F)cc3)o2)cc1Cl. The summed E-state index contributed by atoms with van der Waals surface area (Å²) in [5.41, 5.74) is 7.09. The molecule has 0 aliphatic rings. The van der Waals surface area contributed by atoms with Crippen molar-refractivity contribution >= 4 is 40.5 Å². The van der Waals surface area contributed by atoms with Crippen molar-refractivity contribution in [2.24, 2.45) is 0 Å². The number of aromatic nitrogens is 1. The summed E-state index contributed by atoms with van der Waals surface area (Å²) in [6.45, 7) is 0. The lowest BCUT2D eigenvalue weighted by Gasteiger charge is -2.08. The number of rotatable bonds is 5. The van der Waals surface area contributed by atoms with Crippen molar-refractivity contribution in [3.05, 3.63) is 64.3 Å². The maximum absolute atomic E-state index is 13.0. The summed E-state index contributed by atoms with van der Waals surface area (Å²) in [6.07, 6.45) is 2.01. The fourth-order valence-electron chi connectivity index (χ4n) is 2.27. The van der Waals surface area contributed by atoms with Gasteiger partial charge in [-0.2, -0.15) is 0 Å². The largest absolute Gasteiger partial charge is 0.441 e. The van der Waals surface area contributed by atoms with Gasteiger partial charge in [-0.25, -0.2) is 9.37 Å². The van der Waals surface area contributed by atoms with Crippen molar-refractivity contribution in [1.29, 1.82) is 0 Å². The first-order valence-electron chi connectivity index (χ1n) is 7.67. The molecule has 26 heavy (non-hydrogen) atoms. The number of nitrogen functional groups attached to an aromatic ring is 1. The number of benzene rings is 2. The highest BCUT2D eigenvalue weighted by Gasteiger charge is 2.11. The third kappa shape index (κ3) is 4.33. The molecule has 0 aliphatic carbocycles. The number of aryl methyl sites for hydroxylation is 1. The van der Waals surface area contributed by atoms with Crippen LogP contribution in [0.15, 0.2) is 47.0 Å². The summed E-state index contributed by atoms with van der Waals surface area (Å²) in [6, 6.07) is 8.93. The molecule has 0 saturated heterocycles. The molecule has 3 N–H and O–H groups in total. The zero-order valence-electron chi connectivity index (χ0n) is 13.4. The molecule has 0 fully saturated rings. The minimum Gasteiger partial charge on any atom is -0.441 e. The van der Waals surface area contributed by atoms with E-state index in [1.807, 2.05) is 0 Å². The maximum atomic E-state index is 13.0. The van der Waals surface area contributed by atoms with Crippen LogP contribution in [0.1, 0.15) is 12.3 Å². The van der Waals surface area contributed by atoms with E-state index >= 15 is 0 Å². The van der Waals surface area contributed by atoms with Crippen LogP contribution in [0, 0.1) is 5.82 Å². The Labute approximate surface area is 158 Å². The fourth-order valence-corrected chi connectivity index (χ4v) is 2.76. The lowest BCUT2D eigenvalue weighted by molar-refractivity contribution is -0.116. The molecule has 0 spiro atoms. The minimum absolute atomic E-state index is 0.156. The van der Waals surface area contributed by atoms with E-state index in [2.05, 4.69) is 10.3 Å². The molecule has 3 rings (SSSR count). The average molecular weight is 394 g/mol. The van der Waals surface area contributed by atoms with Crippen LogP contribution >= 0.6 is 23.2 Å². The molecule has 1 heterocycles. The Morgan fingerprint density at radius 1 is 1.19 bits per heavy atom. The first kappa shape index (κ1) is 18.2. The monoisotopic (exact) mass is 393 g/mol. The molecule has 0 radical (unpaired) electrons. The molecule has 0 atom stereocenters. The van der Waals surface area contributed by atoms with Crippen LogP contribution < -0.4 is 11.1 Å².